The summed E-state index contributed by atoms with van der Waals surface area (Å²) in [6.45, 7) is 5.77. The molecule has 5 nitrogen and oxygen atoms in total. The first kappa shape index (κ1) is 16.0. The van der Waals surface area contributed by atoms with E-state index in [1.54, 1.807) is 0 Å². The maximum atomic E-state index is 12.0. The highest BCUT2D eigenvalue weighted by molar-refractivity contribution is 5.85. The highest BCUT2D eigenvalue weighted by Crippen LogP contribution is 2.29. The minimum atomic E-state index is -0.143. The van der Waals surface area contributed by atoms with E-state index >= 15 is 0 Å². The van der Waals surface area contributed by atoms with E-state index in [-0.39, 0.29) is 36.4 Å². The highest BCUT2D eigenvalue weighted by atomic mass is 16.2. The molecule has 19 heavy (non-hydrogen) atoms. The van der Waals surface area contributed by atoms with E-state index in [0.29, 0.717) is 5.92 Å². The first-order valence-electron chi connectivity index (χ1n) is 7.22. The van der Waals surface area contributed by atoms with Crippen molar-refractivity contribution in [2.75, 3.05) is 6.54 Å². The number of rotatable bonds is 5. The molecule has 0 radical (unpaired) electrons. The summed E-state index contributed by atoms with van der Waals surface area (Å²) in [6, 6.07) is 0.316. The van der Waals surface area contributed by atoms with E-state index in [9.17, 15) is 9.59 Å². The number of nitrogens with two attached hydrogens (primary N) is 1. The molecule has 4 N–H and O–H groups in total. The van der Waals surface area contributed by atoms with Gasteiger partial charge in [0.2, 0.25) is 11.8 Å². The van der Waals surface area contributed by atoms with Crippen LogP contribution < -0.4 is 16.4 Å². The van der Waals surface area contributed by atoms with E-state index in [4.69, 9.17) is 5.73 Å². The highest BCUT2D eigenvalue weighted by Gasteiger charge is 2.28. The summed E-state index contributed by atoms with van der Waals surface area (Å²) in [7, 11) is 0. The fourth-order valence-corrected chi connectivity index (χ4v) is 2.64. The fourth-order valence-electron chi connectivity index (χ4n) is 2.64. The molecule has 2 amide bonds. The summed E-state index contributed by atoms with van der Waals surface area (Å²) in [5, 5.41) is 5.46. The van der Waals surface area contributed by atoms with Crippen molar-refractivity contribution in [1.29, 1.82) is 0 Å². The minimum Gasteiger partial charge on any atom is -0.352 e. The van der Waals surface area contributed by atoms with Crippen LogP contribution in [0.2, 0.25) is 0 Å². The van der Waals surface area contributed by atoms with Gasteiger partial charge in [0.1, 0.15) is 0 Å². The molecule has 1 fully saturated rings. The van der Waals surface area contributed by atoms with Crippen LogP contribution in [0.15, 0.2) is 0 Å². The van der Waals surface area contributed by atoms with Crippen molar-refractivity contribution in [1.82, 2.24) is 10.6 Å². The molecule has 0 aromatic carbocycles. The molecule has 1 aliphatic carbocycles. The summed E-state index contributed by atoms with van der Waals surface area (Å²) < 4.78 is 0. The summed E-state index contributed by atoms with van der Waals surface area (Å²) >= 11 is 0. The van der Waals surface area contributed by atoms with Crippen molar-refractivity contribution in [2.45, 2.75) is 58.5 Å². The van der Waals surface area contributed by atoms with Gasteiger partial charge in [0.15, 0.2) is 0 Å². The zero-order valence-corrected chi connectivity index (χ0v) is 12.2. The van der Waals surface area contributed by atoms with Gasteiger partial charge in [0.25, 0.3) is 0 Å². The topological polar surface area (TPSA) is 84.2 Å². The summed E-state index contributed by atoms with van der Waals surface area (Å²) in [6.07, 6.45) is 4.12. The summed E-state index contributed by atoms with van der Waals surface area (Å²) in [5.41, 5.74) is 5.94. The van der Waals surface area contributed by atoms with Crippen LogP contribution in [-0.2, 0) is 9.59 Å². The van der Waals surface area contributed by atoms with E-state index in [1.165, 1.54) is 0 Å². The molecule has 0 spiro atoms. The van der Waals surface area contributed by atoms with Gasteiger partial charge in [0.05, 0.1) is 6.54 Å². The van der Waals surface area contributed by atoms with Crippen LogP contribution in [-0.4, -0.2) is 30.4 Å². The van der Waals surface area contributed by atoms with Gasteiger partial charge in [-0.05, 0) is 39.0 Å². The Hall–Kier alpha value is -1.10. The third-order valence-electron chi connectivity index (χ3n) is 3.75. The Morgan fingerprint density at radius 2 is 1.95 bits per heavy atom. The number of hydrogen-bond acceptors (Lipinski definition) is 3. The predicted molar refractivity (Wildman–Crippen MR) is 75.4 cm³/mol. The van der Waals surface area contributed by atoms with Gasteiger partial charge in [-0.1, -0.05) is 13.3 Å². The Morgan fingerprint density at radius 1 is 1.26 bits per heavy atom. The number of amides is 2. The molecular formula is C14H27N3O2. The second-order valence-corrected chi connectivity index (χ2v) is 5.92. The van der Waals surface area contributed by atoms with Gasteiger partial charge >= 0.3 is 0 Å². The Bertz CT molecular complexity index is 318. The largest absolute Gasteiger partial charge is 0.352 e. The molecule has 0 aromatic heterocycles. The second kappa shape index (κ2) is 7.48. The third-order valence-corrected chi connectivity index (χ3v) is 3.75. The fraction of sp³-hybridized carbons (Fsp3) is 0.857. The van der Waals surface area contributed by atoms with Crippen molar-refractivity contribution >= 4 is 11.8 Å². The molecule has 3 unspecified atom stereocenters. The molecule has 0 bridgehead atoms. The average Bonchev–Trinajstić information content (AvgIpc) is 2.34. The van der Waals surface area contributed by atoms with Crippen LogP contribution in [0.1, 0.15) is 46.5 Å². The first-order valence-corrected chi connectivity index (χ1v) is 7.22. The summed E-state index contributed by atoms with van der Waals surface area (Å²) in [4.78, 5) is 23.5. The van der Waals surface area contributed by atoms with Crippen LogP contribution in [0.3, 0.4) is 0 Å². The molecular weight excluding hydrogens is 242 g/mol. The summed E-state index contributed by atoms with van der Waals surface area (Å²) in [5.74, 6) is 0.0870. The molecule has 0 aliphatic heterocycles. The zero-order valence-electron chi connectivity index (χ0n) is 12.2. The number of nitrogens with one attached hydrogen (secondary N) is 2. The predicted octanol–water partition coefficient (Wildman–Crippen LogP) is 0.781. The molecule has 1 aliphatic rings. The van der Waals surface area contributed by atoms with Gasteiger partial charge in [-0.3, -0.25) is 9.59 Å². The van der Waals surface area contributed by atoms with Crippen molar-refractivity contribution in [2.24, 2.45) is 17.6 Å². The maximum Gasteiger partial charge on any atom is 0.239 e. The number of hydrogen-bond donors (Lipinski definition) is 3. The second-order valence-electron chi connectivity index (χ2n) is 5.92. The van der Waals surface area contributed by atoms with Gasteiger partial charge < -0.3 is 16.4 Å². The van der Waals surface area contributed by atoms with E-state index in [2.05, 4.69) is 10.6 Å². The molecule has 1 rings (SSSR count). The van der Waals surface area contributed by atoms with Crippen LogP contribution in [0.5, 0.6) is 0 Å². The zero-order chi connectivity index (χ0) is 14.4. The molecule has 0 saturated heterocycles. The average molecular weight is 269 g/mol. The first-order chi connectivity index (χ1) is 8.90. The monoisotopic (exact) mass is 269 g/mol. The lowest BCUT2D eigenvalue weighted by Crippen LogP contribution is -2.43. The molecule has 3 atom stereocenters. The van der Waals surface area contributed by atoms with Gasteiger partial charge in [-0.15, -0.1) is 0 Å². The lowest BCUT2D eigenvalue weighted by atomic mass is 9.78. The lowest BCUT2D eigenvalue weighted by Gasteiger charge is -2.30. The van der Waals surface area contributed by atoms with Gasteiger partial charge in [-0.25, -0.2) is 0 Å². The van der Waals surface area contributed by atoms with Crippen LogP contribution in [0, 0.1) is 11.8 Å². The number of carbonyl (C=O) groups is 2. The Kier molecular flexibility index (Phi) is 6.28. The quantitative estimate of drug-likeness (QED) is 0.689. The van der Waals surface area contributed by atoms with E-state index < -0.39 is 0 Å². The van der Waals surface area contributed by atoms with E-state index in [0.717, 1.165) is 25.7 Å². The minimum absolute atomic E-state index is 0.0435. The van der Waals surface area contributed by atoms with E-state index in [1.807, 2.05) is 20.8 Å². The Balaban J connectivity index is 2.34. The molecule has 110 valence electrons. The van der Waals surface area contributed by atoms with Crippen LogP contribution in [0.25, 0.3) is 0 Å². The number of carbonyl (C=O) groups excluding carboxylic acids is 2. The maximum absolute atomic E-state index is 12.0. The van der Waals surface area contributed by atoms with Crippen molar-refractivity contribution in [3.05, 3.63) is 0 Å². The van der Waals surface area contributed by atoms with Crippen LogP contribution in [0.4, 0.5) is 0 Å². The lowest BCUT2D eigenvalue weighted by molar-refractivity contribution is -0.129. The normalized spacial score (nSPS) is 24.9. The van der Waals surface area contributed by atoms with Crippen molar-refractivity contribution < 1.29 is 9.59 Å². The third kappa shape index (κ3) is 5.59. The Morgan fingerprint density at radius 3 is 2.53 bits per heavy atom. The smallest absolute Gasteiger partial charge is 0.239 e. The van der Waals surface area contributed by atoms with Gasteiger partial charge in [-0.2, -0.15) is 0 Å². The SMILES string of the molecule is CC(C)NC(=O)CNC(=O)C(C)C1CCCC(N)C1. The Labute approximate surface area is 115 Å². The van der Waals surface area contributed by atoms with Crippen molar-refractivity contribution in [3.8, 4) is 0 Å². The molecule has 1 saturated carbocycles. The van der Waals surface area contributed by atoms with Crippen molar-refractivity contribution in [3.63, 3.8) is 0 Å². The van der Waals surface area contributed by atoms with Gasteiger partial charge in [0, 0.05) is 18.0 Å². The molecule has 0 heterocycles. The standard InChI is InChI=1S/C14H27N3O2/c1-9(2)17-13(18)8-16-14(19)10(3)11-5-4-6-12(15)7-11/h9-12H,4-8,15H2,1-3H3,(H,16,19)(H,17,18). The molecule has 0 aromatic rings. The molecule has 5 heteroatoms. The van der Waals surface area contributed by atoms with Crippen LogP contribution >= 0.6 is 0 Å².